The van der Waals surface area contributed by atoms with Crippen molar-refractivity contribution in [1.82, 2.24) is 10.2 Å². The standard InChI is InChI=1S/C12H21N3O2/c1-8(13)11(17)15-9(2)10(16)14-12(15)6-4-3-5-7-12/h8-9H,3-7,13H2,1-2H3,(H,14,16). The van der Waals surface area contributed by atoms with E-state index in [0.29, 0.717) is 0 Å². The van der Waals surface area contributed by atoms with Crippen LogP contribution in [0.1, 0.15) is 46.0 Å². The Morgan fingerprint density at radius 3 is 2.59 bits per heavy atom. The number of hydrogen-bond acceptors (Lipinski definition) is 3. The highest BCUT2D eigenvalue weighted by Crippen LogP contribution is 2.36. The zero-order valence-corrected chi connectivity index (χ0v) is 10.5. The first kappa shape index (κ1) is 12.4. The van der Waals surface area contributed by atoms with Gasteiger partial charge in [0.05, 0.1) is 6.04 Å². The first-order chi connectivity index (χ1) is 7.98. The van der Waals surface area contributed by atoms with Crippen LogP contribution in [0.2, 0.25) is 0 Å². The molecule has 5 nitrogen and oxygen atoms in total. The second kappa shape index (κ2) is 4.29. The number of carbonyl (C=O) groups excluding carboxylic acids is 2. The minimum atomic E-state index is -0.552. The smallest absolute Gasteiger partial charge is 0.244 e. The molecule has 0 aromatic rings. The maximum Gasteiger partial charge on any atom is 0.244 e. The van der Waals surface area contributed by atoms with Crippen molar-refractivity contribution in [3.8, 4) is 0 Å². The van der Waals surface area contributed by atoms with E-state index in [2.05, 4.69) is 5.32 Å². The fourth-order valence-corrected chi connectivity index (χ4v) is 3.01. The highest BCUT2D eigenvalue weighted by atomic mass is 16.2. The molecule has 0 aromatic heterocycles. The van der Waals surface area contributed by atoms with Crippen molar-refractivity contribution in [2.45, 2.75) is 63.7 Å². The zero-order chi connectivity index (χ0) is 12.6. The van der Waals surface area contributed by atoms with Gasteiger partial charge in [-0.05, 0) is 39.5 Å². The topological polar surface area (TPSA) is 75.4 Å². The van der Waals surface area contributed by atoms with E-state index < -0.39 is 17.7 Å². The van der Waals surface area contributed by atoms with Gasteiger partial charge in [-0.1, -0.05) is 6.42 Å². The molecular weight excluding hydrogens is 218 g/mol. The van der Waals surface area contributed by atoms with E-state index in [0.717, 1.165) is 25.7 Å². The summed E-state index contributed by atoms with van der Waals surface area (Å²) in [7, 11) is 0. The Bertz CT molecular complexity index is 335. The van der Waals surface area contributed by atoms with E-state index in [9.17, 15) is 9.59 Å². The van der Waals surface area contributed by atoms with Crippen molar-refractivity contribution in [2.75, 3.05) is 0 Å². The molecule has 5 heteroatoms. The average Bonchev–Trinajstić information content (AvgIpc) is 2.51. The molecule has 1 aliphatic heterocycles. The second-order valence-corrected chi connectivity index (χ2v) is 5.25. The number of carbonyl (C=O) groups is 2. The number of amides is 2. The molecule has 1 saturated heterocycles. The van der Waals surface area contributed by atoms with Gasteiger partial charge in [0, 0.05) is 0 Å². The number of nitrogens with zero attached hydrogens (tertiary/aromatic N) is 1. The van der Waals surface area contributed by atoms with Gasteiger partial charge in [0.15, 0.2) is 0 Å². The van der Waals surface area contributed by atoms with E-state index in [4.69, 9.17) is 5.73 Å². The third kappa shape index (κ3) is 1.92. The minimum absolute atomic E-state index is 0.0547. The summed E-state index contributed by atoms with van der Waals surface area (Å²) in [6, 6.07) is -0.949. The monoisotopic (exact) mass is 239 g/mol. The Balaban J connectivity index is 2.30. The van der Waals surface area contributed by atoms with Gasteiger partial charge in [-0.25, -0.2) is 0 Å². The van der Waals surface area contributed by atoms with Gasteiger partial charge in [0.1, 0.15) is 11.7 Å². The molecule has 1 aliphatic carbocycles. The largest absolute Gasteiger partial charge is 0.331 e. The van der Waals surface area contributed by atoms with Crippen LogP contribution in [0, 0.1) is 0 Å². The number of rotatable bonds is 1. The van der Waals surface area contributed by atoms with Gasteiger partial charge in [0.2, 0.25) is 11.8 Å². The molecule has 17 heavy (non-hydrogen) atoms. The van der Waals surface area contributed by atoms with Crippen LogP contribution >= 0.6 is 0 Å². The predicted octanol–water partition coefficient (Wildman–Crippen LogP) is 0.341. The summed E-state index contributed by atoms with van der Waals surface area (Å²) in [5.41, 5.74) is 5.22. The Kier molecular flexibility index (Phi) is 3.12. The van der Waals surface area contributed by atoms with Crippen LogP contribution in [-0.2, 0) is 9.59 Å². The lowest BCUT2D eigenvalue weighted by Crippen LogP contribution is -2.59. The van der Waals surface area contributed by atoms with Gasteiger partial charge in [-0.3, -0.25) is 9.59 Å². The van der Waals surface area contributed by atoms with Crippen LogP contribution < -0.4 is 11.1 Å². The molecule has 1 heterocycles. The first-order valence-electron chi connectivity index (χ1n) is 6.39. The van der Waals surface area contributed by atoms with E-state index in [-0.39, 0.29) is 11.8 Å². The molecule has 2 atom stereocenters. The molecule has 0 radical (unpaired) electrons. The number of hydrogen-bond donors (Lipinski definition) is 2. The number of nitrogens with two attached hydrogens (primary N) is 1. The Hall–Kier alpha value is -1.10. The molecule has 2 amide bonds. The summed E-state index contributed by atoms with van der Waals surface area (Å²) in [6.45, 7) is 3.45. The van der Waals surface area contributed by atoms with Crippen molar-refractivity contribution in [3.63, 3.8) is 0 Å². The first-order valence-corrected chi connectivity index (χ1v) is 6.39. The quantitative estimate of drug-likeness (QED) is 0.693. The molecule has 96 valence electrons. The molecule has 0 bridgehead atoms. The van der Waals surface area contributed by atoms with Crippen molar-refractivity contribution >= 4 is 11.8 Å². The molecule has 2 fully saturated rings. The lowest BCUT2D eigenvalue weighted by molar-refractivity contribution is -0.141. The fraction of sp³-hybridized carbons (Fsp3) is 0.833. The maximum absolute atomic E-state index is 12.2. The van der Waals surface area contributed by atoms with Gasteiger partial charge in [-0.2, -0.15) is 0 Å². The Labute approximate surface area is 102 Å². The summed E-state index contributed by atoms with van der Waals surface area (Å²) in [5.74, 6) is -0.182. The molecule has 3 N–H and O–H groups in total. The molecule has 2 aliphatic rings. The van der Waals surface area contributed by atoms with Crippen LogP contribution in [0.5, 0.6) is 0 Å². The fourth-order valence-electron chi connectivity index (χ4n) is 3.01. The van der Waals surface area contributed by atoms with Crippen LogP contribution in [-0.4, -0.2) is 34.5 Å². The van der Waals surface area contributed by atoms with Crippen LogP contribution in [0.3, 0.4) is 0 Å². The maximum atomic E-state index is 12.2. The lowest BCUT2D eigenvalue weighted by atomic mass is 9.88. The molecular formula is C12H21N3O2. The summed E-state index contributed by atoms with van der Waals surface area (Å²) < 4.78 is 0. The van der Waals surface area contributed by atoms with Crippen molar-refractivity contribution in [1.29, 1.82) is 0 Å². The molecule has 1 spiro atoms. The second-order valence-electron chi connectivity index (χ2n) is 5.25. The van der Waals surface area contributed by atoms with Crippen LogP contribution in [0.4, 0.5) is 0 Å². The normalized spacial score (nSPS) is 29.2. The third-order valence-corrected chi connectivity index (χ3v) is 3.89. The summed E-state index contributed by atoms with van der Waals surface area (Å²) in [5, 5.41) is 3.02. The Morgan fingerprint density at radius 1 is 1.47 bits per heavy atom. The van der Waals surface area contributed by atoms with Crippen molar-refractivity contribution in [2.24, 2.45) is 5.73 Å². The minimum Gasteiger partial charge on any atom is -0.331 e. The van der Waals surface area contributed by atoms with Gasteiger partial charge >= 0.3 is 0 Å². The summed E-state index contributed by atoms with van der Waals surface area (Å²) in [6.07, 6.45) is 4.97. The molecule has 0 aromatic carbocycles. The van der Waals surface area contributed by atoms with E-state index in [1.807, 2.05) is 0 Å². The average molecular weight is 239 g/mol. The van der Waals surface area contributed by atoms with Gasteiger partial charge < -0.3 is 16.0 Å². The summed E-state index contributed by atoms with van der Waals surface area (Å²) >= 11 is 0. The lowest BCUT2D eigenvalue weighted by Gasteiger charge is -2.42. The number of nitrogens with one attached hydrogen (secondary N) is 1. The highest BCUT2D eigenvalue weighted by molar-refractivity contribution is 5.93. The highest BCUT2D eigenvalue weighted by Gasteiger charge is 2.51. The van der Waals surface area contributed by atoms with E-state index in [1.165, 1.54) is 6.42 Å². The van der Waals surface area contributed by atoms with Crippen LogP contribution in [0.15, 0.2) is 0 Å². The van der Waals surface area contributed by atoms with E-state index >= 15 is 0 Å². The molecule has 2 unspecified atom stereocenters. The Morgan fingerprint density at radius 2 is 2.06 bits per heavy atom. The SMILES string of the molecule is CC(N)C(=O)N1C(C)C(=O)NC12CCCCC2. The summed E-state index contributed by atoms with van der Waals surface area (Å²) in [4.78, 5) is 25.7. The predicted molar refractivity (Wildman–Crippen MR) is 63.9 cm³/mol. The molecule has 1 saturated carbocycles. The van der Waals surface area contributed by atoms with Gasteiger partial charge in [0.25, 0.3) is 0 Å². The zero-order valence-electron chi connectivity index (χ0n) is 10.5. The van der Waals surface area contributed by atoms with Crippen molar-refractivity contribution < 1.29 is 9.59 Å². The van der Waals surface area contributed by atoms with Crippen LogP contribution in [0.25, 0.3) is 0 Å². The van der Waals surface area contributed by atoms with Crippen molar-refractivity contribution in [3.05, 3.63) is 0 Å². The molecule has 2 rings (SSSR count). The van der Waals surface area contributed by atoms with Gasteiger partial charge in [-0.15, -0.1) is 0 Å². The third-order valence-electron chi connectivity index (χ3n) is 3.89. The van der Waals surface area contributed by atoms with E-state index in [1.54, 1.807) is 18.7 Å².